The van der Waals surface area contributed by atoms with Crippen molar-refractivity contribution in [3.8, 4) is 0 Å². The normalized spacial score (nSPS) is 30.5. The summed E-state index contributed by atoms with van der Waals surface area (Å²) in [6.45, 7) is -0.268. The summed E-state index contributed by atoms with van der Waals surface area (Å²) in [5.74, 6) is -1.13. The Morgan fingerprint density at radius 3 is 2.43 bits per heavy atom. The van der Waals surface area contributed by atoms with Crippen molar-refractivity contribution in [1.29, 1.82) is 0 Å². The summed E-state index contributed by atoms with van der Waals surface area (Å²) in [4.78, 5) is 25.3. The van der Waals surface area contributed by atoms with Crippen molar-refractivity contribution in [2.75, 3.05) is 13.7 Å². The number of carboxylic acids is 1. The van der Waals surface area contributed by atoms with Gasteiger partial charge in [0.25, 0.3) is 0 Å². The molecule has 0 spiro atoms. The maximum Gasteiger partial charge on any atom is 0.326 e. The summed E-state index contributed by atoms with van der Waals surface area (Å²) >= 11 is 0. The van der Waals surface area contributed by atoms with Crippen molar-refractivity contribution < 1.29 is 19.8 Å². The van der Waals surface area contributed by atoms with Crippen LogP contribution in [-0.2, 0) is 4.79 Å². The van der Waals surface area contributed by atoms with E-state index in [1.54, 1.807) is 0 Å². The lowest BCUT2D eigenvalue weighted by molar-refractivity contribution is -0.139. The zero-order chi connectivity index (χ0) is 15.4. The molecule has 0 aromatic carbocycles. The van der Waals surface area contributed by atoms with Gasteiger partial charge in [0, 0.05) is 31.2 Å². The Bertz CT molecular complexity index is 376. The Morgan fingerprint density at radius 1 is 1.29 bits per heavy atom. The van der Waals surface area contributed by atoms with Crippen LogP contribution in [0.5, 0.6) is 0 Å². The van der Waals surface area contributed by atoms with E-state index in [0.29, 0.717) is 12.1 Å². The lowest BCUT2D eigenvalue weighted by Crippen LogP contribution is -2.57. The van der Waals surface area contributed by atoms with Gasteiger partial charge in [-0.05, 0) is 32.7 Å². The minimum absolute atomic E-state index is 0.0153. The maximum atomic E-state index is 11.9. The third-order valence-electron chi connectivity index (χ3n) is 4.70. The number of carbonyl (C=O) groups excluding carboxylic acids is 1. The van der Waals surface area contributed by atoms with Gasteiger partial charge in [-0.3, -0.25) is 0 Å². The minimum Gasteiger partial charge on any atom is -0.480 e. The summed E-state index contributed by atoms with van der Waals surface area (Å²) in [5.41, 5.74) is 0. The van der Waals surface area contributed by atoms with Crippen molar-refractivity contribution in [3.05, 3.63) is 0 Å². The first-order valence-corrected chi connectivity index (χ1v) is 7.64. The molecule has 3 atom stereocenters. The van der Waals surface area contributed by atoms with E-state index in [0.717, 1.165) is 25.7 Å². The molecule has 21 heavy (non-hydrogen) atoms. The molecule has 7 heteroatoms. The molecule has 0 aromatic rings. The molecule has 2 amide bonds. The molecular weight excluding hydrogens is 274 g/mol. The first-order valence-electron chi connectivity index (χ1n) is 7.64. The Balaban J connectivity index is 1.84. The second-order valence-corrected chi connectivity index (χ2v) is 6.09. The summed E-state index contributed by atoms with van der Waals surface area (Å²) in [6.07, 6.45) is 5.41. The van der Waals surface area contributed by atoms with Crippen molar-refractivity contribution in [2.45, 2.75) is 62.7 Å². The van der Waals surface area contributed by atoms with E-state index in [1.165, 1.54) is 6.42 Å². The van der Waals surface area contributed by atoms with E-state index in [4.69, 9.17) is 10.2 Å². The summed E-state index contributed by atoms with van der Waals surface area (Å²) in [5, 5.41) is 23.1. The van der Waals surface area contributed by atoms with E-state index in [2.05, 4.69) is 22.6 Å². The van der Waals surface area contributed by atoms with Gasteiger partial charge in [0.2, 0.25) is 0 Å². The number of nitrogens with zero attached hydrogens (tertiary/aromatic N) is 1. The van der Waals surface area contributed by atoms with Crippen molar-refractivity contribution in [3.63, 3.8) is 0 Å². The second-order valence-electron chi connectivity index (χ2n) is 6.09. The SMILES string of the molecule is CN1C2CCCC1CC(NC(=O)N[C@@H](CCO)C(=O)O)C2. The predicted octanol–water partition coefficient (Wildman–Crippen LogP) is 0.137. The molecule has 2 unspecified atom stereocenters. The maximum absolute atomic E-state index is 11.9. The molecule has 2 bridgehead atoms. The predicted molar refractivity (Wildman–Crippen MR) is 77.0 cm³/mol. The Kier molecular flexibility index (Phi) is 5.41. The smallest absolute Gasteiger partial charge is 0.326 e. The fraction of sp³-hybridized carbons (Fsp3) is 0.857. The Morgan fingerprint density at radius 2 is 1.90 bits per heavy atom. The van der Waals surface area contributed by atoms with Gasteiger partial charge in [-0.15, -0.1) is 0 Å². The number of urea groups is 1. The summed E-state index contributed by atoms with van der Waals surface area (Å²) in [7, 11) is 2.15. The first-order chi connectivity index (χ1) is 10.0. The van der Waals surface area contributed by atoms with E-state index in [-0.39, 0.29) is 19.1 Å². The molecule has 2 rings (SSSR count). The van der Waals surface area contributed by atoms with Gasteiger partial charge in [0.05, 0.1) is 0 Å². The summed E-state index contributed by atoms with van der Waals surface area (Å²) < 4.78 is 0. The van der Waals surface area contributed by atoms with Crippen LogP contribution in [0.15, 0.2) is 0 Å². The van der Waals surface area contributed by atoms with Crippen molar-refractivity contribution in [1.82, 2.24) is 15.5 Å². The highest BCUT2D eigenvalue weighted by Crippen LogP contribution is 2.32. The fourth-order valence-electron chi connectivity index (χ4n) is 3.51. The molecule has 2 saturated heterocycles. The number of aliphatic hydroxyl groups excluding tert-OH is 1. The van der Waals surface area contributed by atoms with E-state index in [9.17, 15) is 9.59 Å². The number of aliphatic carboxylic acids is 1. The van der Waals surface area contributed by atoms with Gasteiger partial charge in [-0.2, -0.15) is 0 Å². The number of hydrogen-bond donors (Lipinski definition) is 4. The van der Waals surface area contributed by atoms with Gasteiger partial charge in [0.1, 0.15) is 6.04 Å². The molecule has 2 fully saturated rings. The summed E-state index contributed by atoms with van der Waals surface area (Å²) in [6, 6.07) is -0.379. The van der Waals surface area contributed by atoms with Crippen LogP contribution in [0.4, 0.5) is 4.79 Å². The number of carbonyl (C=O) groups is 2. The van der Waals surface area contributed by atoms with E-state index in [1.807, 2.05) is 0 Å². The quantitative estimate of drug-likeness (QED) is 0.578. The molecule has 2 heterocycles. The lowest BCUT2D eigenvalue weighted by Gasteiger charge is -2.47. The topological polar surface area (TPSA) is 102 Å². The zero-order valence-corrected chi connectivity index (χ0v) is 12.4. The largest absolute Gasteiger partial charge is 0.480 e. The van der Waals surface area contributed by atoms with Gasteiger partial charge < -0.3 is 25.7 Å². The van der Waals surface area contributed by atoms with Gasteiger partial charge in [-0.1, -0.05) is 6.42 Å². The van der Waals surface area contributed by atoms with Gasteiger partial charge >= 0.3 is 12.0 Å². The van der Waals surface area contributed by atoms with Crippen LogP contribution in [0.1, 0.15) is 38.5 Å². The Hall–Kier alpha value is -1.34. The van der Waals surface area contributed by atoms with Crippen LogP contribution in [0.25, 0.3) is 0 Å². The molecule has 0 aromatic heterocycles. The van der Waals surface area contributed by atoms with Gasteiger partial charge in [0.15, 0.2) is 0 Å². The molecule has 7 nitrogen and oxygen atoms in total. The second kappa shape index (κ2) is 7.09. The molecule has 120 valence electrons. The van der Waals surface area contributed by atoms with E-state index < -0.39 is 18.0 Å². The first kappa shape index (κ1) is 16.0. The third-order valence-corrected chi connectivity index (χ3v) is 4.70. The number of aliphatic hydroxyl groups is 1. The number of amides is 2. The number of hydrogen-bond acceptors (Lipinski definition) is 4. The van der Waals surface area contributed by atoms with Crippen LogP contribution in [0.2, 0.25) is 0 Å². The van der Waals surface area contributed by atoms with Crippen LogP contribution in [-0.4, -0.2) is 64.9 Å². The van der Waals surface area contributed by atoms with Gasteiger partial charge in [-0.25, -0.2) is 9.59 Å². The average molecular weight is 299 g/mol. The Labute approximate surface area is 124 Å². The monoisotopic (exact) mass is 299 g/mol. The lowest BCUT2D eigenvalue weighted by atomic mass is 9.82. The number of piperidine rings is 2. The molecule has 4 N–H and O–H groups in total. The van der Waals surface area contributed by atoms with E-state index >= 15 is 0 Å². The van der Waals surface area contributed by atoms with Crippen LogP contribution < -0.4 is 10.6 Å². The molecule has 0 aliphatic carbocycles. The fourth-order valence-corrected chi connectivity index (χ4v) is 3.51. The molecule has 0 radical (unpaired) electrons. The van der Waals surface area contributed by atoms with Crippen LogP contribution in [0, 0.1) is 0 Å². The van der Waals surface area contributed by atoms with Crippen molar-refractivity contribution >= 4 is 12.0 Å². The van der Waals surface area contributed by atoms with Crippen LogP contribution in [0.3, 0.4) is 0 Å². The number of nitrogens with one attached hydrogen (secondary N) is 2. The number of rotatable bonds is 5. The molecule has 2 aliphatic rings. The average Bonchev–Trinajstić information content (AvgIpc) is 2.39. The highest BCUT2D eigenvalue weighted by atomic mass is 16.4. The number of carboxylic acid groups (broad SMARTS) is 1. The highest BCUT2D eigenvalue weighted by molar-refractivity contribution is 5.82. The highest BCUT2D eigenvalue weighted by Gasteiger charge is 2.36. The van der Waals surface area contributed by atoms with Crippen LogP contribution >= 0.6 is 0 Å². The number of fused-ring (bicyclic) bond motifs is 2. The minimum atomic E-state index is -1.13. The third kappa shape index (κ3) is 4.07. The molecule has 2 aliphatic heterocycles. The zero-order valence-electron chi connectivity index (χ0n) is 12.4. The molecule has 0 saturated carbocycles. The standard InChI is InChI=1S/C14H25N3O4/c1-17-10-3-2-4-11(17)8-9(7-10)15-14(21)16-12(5-6-18)13(19)20/h9-12,18H,2-8H2,1H3,(H,19,20)(H2,15,16,21)/t9?,10?,11?,12-/m0/s1. The molecular formula is C14H25N3O4. The van der Waals surface area contributed by atoms with Crippen molar-refractivity contribution in [2.24, 2.45) is 0 Å².